The summed E-state index contributed by atoms with van der Waals surface area (Å²) in [5.74, 6) is 1.10. The van der Waals surface area contributed by atoms with Crippen LogP contribution in [0.1, 0.15) is 50.2 Å². The van der Waals surface area contributed by atoms with Gasteiger partial charge in [-0.15, -0.1) is 0 Å². The highest BCUT2D eigenvalue weighted by Crippen LogP contribution is 2.37. The molecule has 0 radical (unpaired) electrons. The number of esters is 1. The quantitative estimate of drug-likeness (QED) is 0.785. The van der Waals surface area contributed by atoms with Crippen molar-refractivity contribution in [3.8, 4) is 5.75 Å². The highest BCUT2D eigenvalue weighted by atomic mass is 16.5. The van der Waals surface area contributed by atoms with Gasteiger partial charge in [-0.25, -0.2) is 0 Å². The average Bonchev–Trinajstić information content (AvgIpc) is 2.76. The number of carbonyl (C=O) groups is 1. The first-order chi connectivity index (χ1) is 10.2. The fourth-order valence-corrected chi connectivity index (χ4v) is 3.06. The molecule has 1 aromatic carbocycles. The van der Waals surface area contributed by atoms with E-state index in [9.17, 15) is 4.79 Å². The van der Waals surface area contributed by atoms with Gasteiger partial charge in [0, 0.05) is 12.5 Å². The number of fused-ring (bicyclic) bond motifs is 1. The minimum absolute atomic E-state index is 0.118. The van der Waals surface area contributed by atoms with Crippen LogP contribution in [0.2, 0.25) is 0 Å². The van der Waals surface area contributed by atoms with Crippen LogP contribution in [0.15, 0.2) is 18.2 Å². The van der Waals surface area contributed by atoms with Crippen molar-refractivity contribution in [1.29, 1.82) is 0 Å². The zero-order chi connectivity index (χ0) is 15.2. The Bertz CT molecular complexity index is 487. The first-order valence-corrected chi connectivity index (χ1v) is 7.82. The van der Waals surface area contributed by atoms with E-state index in [1.807, 2.05) is 19.9 Å². The van der Waals surface area contributed by atoms with Crippen molar-refractivity contribution in [2.75, 3.05) is 13.2 Å². The monoisotopic (exact) mass is 291 g/mol. The zero-order valence-electron chi connectivity index (χ0n) is 12.9. The third kappa shape index (κ3) is 3.97. The Morgan fingerprint density at radius 1 is 1.33 bits per heavy atom. The minimum Gasteiger partial charge on any atom is -0.494 e. The third-order valence-corrected chi connectivity index (χ3v) is 4.00. The van der Waals surface area contributed by atoms with E-state index in [0.29, 0.717) is 25.6 Å². The normalized spacial score (nSPS) is 20.1. The molecule has 1 aromatic rings. The second kappa shape index (κ2) is 7.46. The molecule has 0 bridgehead atoms. The fourth-order valence-electron chi connectivity index (χ4n) is 3.06. The van der Waals surface area contributed by atoms with Crippen LogP contribution in [0, 0.1) is 0 Å². The second-order valence-corrected chi connectivity index (χ2v) is 5.47. The maximum absolute atomic E-state index is 11.4. The molecule has 0 spiro atoms. The van der Waals surface area contributed by atoms with Crippen molar-refractivity contribution >= 4 is 5.97 Å². The van der Waals surface area contributed by atoms with Crippen molar-refractivity contribution in [3.05, 3.63) is 29.3 Å². The summed E-state index contributed by atoms with van der Waals surface area (Å²) in [6.45, 7) is 4.92. The Hall–Kier alpha value is -1.55. The fraction of sp³-hybridized carbons (Fsp3) is 0.588. The van der Waals surface area contributed by atoms with Gasteiger partial charge in [-0.05, 0) is 62.3 Å². The van der Waals surface area contributed by atoms with Crippen molar-refractivity contribution < 1.29 is 14.3 Å². The summed E-state index contributed by atoms with van der Waals surface area (Å²) in [5, 5.41) is 0. The van der Waals surface area contributed by atoms with Crippen molar-refractivity contribution in [2.24, 2.45) is 5.73 Å². The molecular weight excluding hydrogens is 266 g/mol. The van der Waals surface area contributed by atoms with Gasteiger partial charge in [-0.1, -0.05) is 6.07 Å². The van der Waals surface area contributed by atoms with E-state index >= 15 is 0 Å². The van der Waals surface area contributed by atoms with Crippen molar-refractivity contribution in [1.82, 2.24) is 0 Å². The molecule has 21 heavy (non-hydrogen) atoms. The summed E-state index contributed by atoms with van der Waals surface area (Å²) in [7, 11) is 0. The molecule has 0 saturated heterocycles. The smallest absolute Gasteiger partial charge is 0.305 e. The maximum atomic E-state index is 11.4. The van der Waals surface area contributed by atoms with Gasteiger partial charge in [0.1, 0.15) is 5.75 Å². The Morgan fingerprint density at radius 2 is 2.14 bits per heavy atom. The van der Waals surface area contributed by atoms with Crippen molar-refractivity contribution in [3.63, 3.8) is 0 Å². The van der Waals surface area contributed by atoms with Crippen LogP contribution in [-0.4, -0.2) is 25.2 Å². The van der Waals surface area contributed by atoms with Crippen LogP contribution < -0.4 is 10.5 Å². The van der Waals surface area contributed by atoms with Gasteiger partial charge in [-0.2, -0.15) is 0 Å². The lowest BCUT2D eigenvalue weighted by Crippen LogP contribution is -2.25. The Kier molecular flexibility index (Phi) is 5.62. The number of carbonyl (C=O) groups excluding carboxylic acids is 1. The van der Waals surface area contributed by atoms with Gasteiger partial charge < -0.3 is 15.2 Å². The molecule has 1 aliphatic rings. The van der Waals surface area contributed by atoms with E-state index in [-0.39, 0.29) is 12.0 Å². The molecule has 0 fully saturated rings. The van der Waals surface area contributed by atoms with Gasteiger partial charge in [-0.3, -0.25) is 4.79 Å². The number of ether oxygens (including phenoxy) is 2. The average molecular weight is 291 g/mol. The lowest BCUT2D eigenvalue weighted by molar-refractivity contribution is -0.143. The van der Waals surface area contributed by atoms with Crippen molar-refractivity contribution in [2.45, 2.75) is 51.5 Å². The molecule has 0 saturated carbocycles. The van der Waals surface area contributed by atoms with Crippen LogP contribution in [0.3, 0.4) is 0 Å². The number of hydrogen-bond donors (Lipinski definition) is 1. The summed E-state index contributed by atoms with van der Waals surface area (Å²) in [4.78, 5) is 11.4. The molecule has 2 N–H and O–H groups in total. The van der Waals surface area contributed by atoms with E-state index in [1.165, 1.54) is 11.1 Å². The lowest BCUT2D eigenvalue weighted by atomic mass is 9.93. The molecule has 1 aliphatic carbocycles. The number of benzene rings is 1. The largest absolute Gasteiger partial charge is 0.494 e. The van der Waals surface area contributed by atoms with Crippen LogP contribution in [-0.2, 0) is 16.0 Å². The molecule has 4 heteroatoms. The van der Waals surface area contributed by atoms with Gasteiger partial charge in [0.05, 0.1) is 13.2 Å². The first kappa shape index (κ1) is 15.8. The minimum atomic E-state index is -0.118. The third-order valence-electron chi connectivity index (χ3n) is 4.00. The molecular formula is C17H25NO3. The molecule has 2 rings (SSSR count). The van der Waals surface area contributed by atoms with Crippen LogP contribution in [0.5, 0.6) is 5.75 Å². The summed E-state index contributed by atoms with van der Waals surface area (Å²) in [6, 6.07) is 6.38. The summed E-state index contributed by atoms with van der Waals surface area (Å²) < 4.78 is 10.5. The maximum Gasteiger partial charge on any atom is 0.305 e. The number of rotatable bonds is 7. The molecule has 2 atom stereocenters. The van der Waals surface area contributed by atoms with E-state index < -0.39 is 0 Å². The van der Waals surface area contributed by atoms with Crippen LogP contribution in [0.4, 0.5) is 0 Å². The summed E-state index contributed by atoms with van der Waals surface area (Å²) in [5.41, 5.74) is 8.87. The molecule has 0 heterocycles. The van der Waals surface area contributed by atoms with Gasteiger partial charge in [0.25, 0.3) is 0 Å². The Morgan fingerprint density at radius 3 is 2.86 bits per heavy atom. The van der Waals surface area contributed by atoms with E-state index in [1.54, 1.807) is 0 Å². The summed E-state index contributed by atoms with van der Waals surface area (Å²) >= 11 is 0. The van der Waals surface area contributed by atoms with E-state index in [2.05, 4.69) is 12.1 Å². The zero-order valence-corrected chi connectivity index (χ0v) is 12.9. The summed E-state index contributed by atoms with van der Waals surface area (Å²) in [6.07, 6.45) is 3.11. The highest BCUT2D eigenvalue weighted by molar-refractivity contribution is 5.69. The SMILES string of the molecule is CCOC(=O)CCCC1c2cc(OCC)ccc2CC1N. The topological polar surface area (TPSA) is 61.5 Å². The Labute approximate surface area is 126 Å². The lowest BCUT2D eigenvalue weighted by Gasteiger charge is -2.17. The molecule has 116 valence electrons. The van der Waals surface area contributed by atoms with Gasteiger partial charge in [0.2, 0.25) is 0 Å². The molecule has 4 nitrogen and oxygen atoms in total. The first-order valence-electron chi connectivity index (χ1n) is 7.82. The van der Waals surface area contributed by atoms with E-state index in [0.717, 1.165) is 25.0 Å². The molecule has 0 amide bonds. The molecule has 0 aliphatic heterocycles. The number of nitrogens with two attached hydrogens (primary N) is 1. The predicted molar refractivity (Wildman–Crippen MR) is 82.5 cm³/mol. The standard InChI is InChI=1S/C17H25NO3/c1-3-20-13-9-8-12-10-16(18)14(15(12)11-13)6-5-7-17(19)21-4-2/h8-9,11,14,16H,3-7,10,18H2,1-2H3. The van der Waals surface area contributed by atoms with Crippen LogP contribution in [0.25, 0.3) is 0 Å². The molecule has 2 unspecified atom stereocenters. The van der Waals surface area contributed by atoms with Gasteiger partial charge in [0.15, 0.2) is 0 Å². The second-order valence-electron chi connectivity index (χ2n) is 5.47. The molecule has 0 aromatic heterocycles. The predicted octanol–water partition coefficient (Wildman–Crippen LogP) is 2.79. The Balaban J connectivity index is 1.98. The number of hydrogen-bond acceptors (Lipinski definition) is 4. The van der Waals surface area contributed by atoms with Gasteiger partial charge >= 0.3 is 5.97 Å². The van der Waals surface area contributed by atoms with Crippen LogP contribution >= 0.6 is 0 Å². The van der Waals surface area contributed by atoms with E-state index in [4.69, 9.17) is 15.2 Å². The highest BCUT2D eigenvalue weighted by Gasteiger charge is 2.29.